The van der Waals surface area contributed by atoms with Crippen molar-refractivity contribution in [2.75, 3.05) is 5.75 Å². The molecule has 0 radical (unpaired) electrons. The molecule has 0 bridgehead atoms. The minimum absolute atomic E-state index is 0.347. The van der Waals surface area contributed by atoms with Crippen LogP contribution in [0.1, 0.15) is 33.1 Å². The van der Waals surface area contributed by atoms with E-state index in [4.69, 9.17) is 0 Å². The van der Waals surface area contributed by atoms with E-state index in [0.29, 0.717) is 5.12 Å². The van der Waals surface area contributed by atoms with Crippen LogP contribution in [0.25, 0.3) is 0 Å². The molecule has 54 valence electrons. The van der Waals surface area contributed by atoms with E-state index in [2.05, 4.69) is 6.92 Å². The Morgan fingerprint density at radius 3 is 2.56 bits per heavy atom. The maximum absolute atomic E-state index is 10.8. The largest absolute Gasteiger partial charge is 0.287 e. The second-order valence-electron chi connectivity index (χ2n) is 1.91. The number of carbonyl (C=O) groups is 1. The van der Waals surface area contributed by atoms with Crippen LogP contribution in [0.4, 0.5) is 0 Å². The Morgan fingerprint density at radius 1 is 1.44 bits per heavy atom. The molecule has 0 atom stereocenters. The van der Waals surface area contributed by atoms with E-state index in [-0.39, 0.29) is 0 Å². The summed E-state index contributed by atoms with van der Waals surface area (Å²) in [5, 5.41) is 0.347. The minimum Gasteiger partial charge on any atom is -0.287 e. The van der Waals surface area contributed by atoms with Gasteiger partial charge < -0.3 is 0 Å². The Bertz CT molecular complexity index is 81.0. The van der Waals surface area contributed by atoms with E-state index in [9.17, 15) is 4.79 Å². The number of unbranched alkanes of at least 4 members (excludes halogenated alkanes) is 1. The zero-order chi connectivity index (χ0) is 7.11. The topological polar surface area (TPSA) is 17.1 Å². The summed E-state index contributed by atoms with van der Waals surface area (Å²) in [4.78, 5) is 10.8. The molecule has 0 saturated heterocycles. The maximum atomic E-state index is 10.8. The highest BCUT2D eigenvalue weighted by molar-refractivity contribution is 8.13. The molecule has 0 spiro atoms. The van der Waals surface area contributed by atoms with Crippen LogP contribution in [-0.4, -0.2) is 10.9 Å². The van der Waals surface area contributed by atoms with Gasteiger partial charge in [-0.3, -0.25) is 4.79 Å². The van der Waals surface area contributed by atoms with Crippen molar-refractivity contribution in [3.63, 3.8) is 0 Å². The quantitative estimate of drug-likeness (QED) is 0.606. The highest BCUT2D eigenvalue weighted by atomic mass is 32.2. The second kappa shape index (κ2) is 6.14. The van der Waals surface area contributed by atoms with Gasteiger partial charge in [0.05, 0.1) is 0 Å². The zero-order valence-electron chi connectivity index (χ0n) is 6.14. The van der Waals surface area contributed by atoms with Gasteiger partial charge in [-0.05, 0) is 12.2 Å². The van der Waals surface area contributed by atoms with E-state index >= 15 is 0 Å². The molecular formula is C7H14OS. The van der Waals surface area contributed by atoms with E-state index < -0.39 is 0 Å². The monoisotopic (exact) mass is 146 g/mol. The molecule has 1 nitrogen and oxygen atoms in total. The molecule has 2 heteroatoms. The molecule has 0 fully saturated rings. The number of thioether (sulfide) groups is 1. The molecule has 0 aromatic rings. The van der Waals surface area contributed by atoms with Crippen molar-refractivity contribution in [3.8, 4) is 0 Å². The predicted molar refractivity (Wildman–Crippen MR) is 42.7 cm³/mol. The first-order chi connectivity index (χ1) is 4.31. The Hall–Kier alpha value is 0.0200. The number of carbonyl (C=O) groups excluding carboxylic acids is 1. The standard InChI is InChI=1S/C7H14OS/c1-3-5-6-7(8)9-4-2/h3-6H2,1-2H3. The predicted octanol–water partition coefficient (Wildman–Crippen LogP) is 2.46. The summed E-state index contributed by atoms with van der Waals surface area (Å²) in [5.41, 5.74) is 0. The van der Waals surface area contributed by atoms with Crippen molar-refractivity contribution in [2.45, 2.75) is 33.1 Å². The van der Waals surface area contributed by atoms with E-state index in [1.807, 2.05) is 6.92 Å². The van der Waals surface area contributed by atoms with Crippen molar-refractivity contribution in [2.24, 2.45) is 0 Å². The van der Waals surface area contributed by atoms with Crippen molar-refractivity contribution >= 4 is 16.9 Å². The lowest BCUT2D eigenvalue weighted by molar-refractivity contribution is -0.111. The smallest absolute Gasteiger partial charge is 0.188 e. The van der Waals surface area contributed by atoms with Gasteiger partial charge in [0.2, 0.25) is 0 Å². The zero-order valence-corrected chi connectivity index (χ0v) is 6.96. The molecule has 0 rings (SSSR count). The third-order valence-corrected chi connectivity index (χ3v) is 1.85. The van der Waals surface area contributed by atoms with Crippen LogP contribution in [0, 0.1) is 0 Å². The Kier molecular flexibility index (Phi) is 6.16. The van der Waals surface area contributed by atoms with Gasteiger partial charge in [-0.15, -0.1) is 0 Å². The van der Waals surface area contributed by atoms with Gasteiger partial charge in [0, 0.05) is 6.42 Å². The summed E-state index contributed by atoms with van der Waals surface area (Å²) in [6.45, 7) is 4.11. The fourth-order valence-electron chi connectivity index (χ4n) is 0.554. The summed E-state index contributed by atoms with van der Waals surface area (Å²) >= 11 is 1.43. The Balaban J connectivity index is 3.06. The lowest BCUT2D eigenvalue weighted by Crippen LogP contribution is -1.90. The molecule has 9 heavy (non-hydrogen) atoms. The van der Waals surface area contributed by atoms with E-state index in [1.54, 1.807) is 0 Å². The first-order valence-corrected chi connectivity index (χ1v) is 4.45. The Labute approximate surface area is 61.2 Å². The number of hydrogen-bond donors (Lipinski definition) is 0. The van der Waals surface area contributed by atoms with Crippen molar-refractivity contribution in [1.29, 1.82) is 0 Å². The Morgan fingerprint density at radius 2 is 2.11 bits per heavy atom. The molecule has 0 amide bonds. The molecule has 0 heterocycles. The van der Waals surface area contributed by atoms with Crippen molar-refractivity contribution < 1.29 is 4.79 Å². The number of rotatable bonds is 4. The molecule has 0 aliphatic carbocycles. The fraction of sp³-hybridized carbons (Fsp3) is 0.857. The lowest BCUT2D eigenvalue weighted by Gasteiger charge is -1.93. The van der Waals surface area contributed by atoms with Crippen LogP contribution in [0.2, 0.25) is 0 Å². The average molecular weight is 146 g/mol. The SMILES string of the molecule is CCCCC(=O)SCC. The first kappa shape index (κ1) is 9.02. The molecule has 0 N–H and O–H groups in total. The average Bonchev–Trinajstić information content (AvgIpc) is 1.85. The van der Waals surface area contributed by atoms with Gasteiger partial charge in [0.25, 0.3) is 0 Å². The van der Waals surface area contributed by atoms with E-state index in [0.717, 1.165) is 25.0 Å². The first-order valence-electron chi connectivity index (χ1n) is 3.46. The molecular weight excluding hydrogens is 132 g/mol. The normalized spacial score (nSPS) is 9.56. The van der Waals surface area contributed by atoms with Gasteiger partial charge in [-0.2, -0.15) is 0 Å². The highest BCUT2D eigenvalue weighted by Gasteiger charge is 1.97. The highest BCUT2D eigenvalue weighted by Crippen LogP contribution is 2.07. The molecule has 0 aliphatic rings. The third kappa shape index (κ3) is 5.90. The molecule has 0 aromatic carbocycles. The van der Waals surface area contributed by atoms with E-state index in [1.165, 1.54) is 11.8 Å². The van der Waals surface area contributed by atoms with Crippen molar-refractivity contribution in [3.05, 3.63) is 0 Å². The summed E-state index contributed by atoms with van der Waals surface area (Å²) in [6.07, 6.45) is 2.93. The van der Waals surface area contributed by atoms with Gasteiger partial charge >= 0.3 is 0 Å². The van der Waals surface area contributed by atoms with Crippen LogP contribution in [0.5, 0.6) is 0 Å². The van der Waals surface area contributed by atoms with Gasteiger partial charge in [0.15, 0.2) is 5.12 Å². The third-order valence-electron chi connectivity index (χ3n) is 1.04. The van der Waals surface area contributed by atoms with Gasteiger partial charge in [0.1, 0.15) is 0 Å². The minimum atomic E-state index is 0.347. The van der Waals surface area contributed by atoms with Crippen LogP contribution in [0.3, 0.4) is 0 Å². The van der Waals surface area contributed by atoms with Gasteiger partial charge in [-0.25, -0.2) is 0 Å². The summed E-state index contributed by atoms with van der Waals surface area (Å²) in [6, 6.07) is 0. The fourth-order valence-corrected chi connectivity index (χ4v) is 1.16. The van der Waals surface area contributed by atoms with Crippen molar-refractivity contribution in [1.82, 2.24) is 0 Å². The lowest BCUT2D eigenvalue weighted by atomic mass is 10.3. The van der Waals surface area contributed by atoms with Gasteiger partial charge in [-0.1, -0.05) is 32.0 Å². The van der Waals surface area contributed by atoms with Crippen LogP contribution in [0.15, 0.2) is 0 Å². The second-order valence-corrected chi connectivity index (χ2v) is 3.23. The molecule has 0 unspecified atom stereocenters. The maximum Gasteiger partial charge on any atom is 0.188 e. The van der Waals surface area contributed by atoms with Crippen LogP contribution in [-0.2, 0) is 4.79 Å². The summed E-state index contributed by atoms with van der Waals surface area (Å²) < 4.78 is 0. The summed E-state index contributed by atoms with van der Waals surface area (Å²) in [5.74, 6) is 0.919. The summed E-state index contributed by atoms with van der Waals surface area (Å²) in [7, 11) is 0. The molecule has 0 aromatic heterocycles. The number of hydrogen-bond acceptors (Lipinski definition) is 2. The van der Waals surface area contributed by atoms with Crippen LogP contribution >= 0.6 is 11.8 Å². The van der Waals surface area contributed by atoms with Crippen LogP contribution < -0.4 is 0 Å². The molecule has 0 aliphatic heterocycles. The molecule has 0 saturated carbocycles.